The number of hydrogen-bond acceptors (Lipinski definition) is 5. The average Bonchev–Trinajstić information content (AvgIpc) is 3.32. The van der Waals surface area contributed by atoms with E-state index in [-0.39, 0.29) is 17.8 Å². The number of anilines is 2. The Balaban J connectivity index is 1.33. The van der Waals surface area contributed by atoms with Gasteiger partial charge in [0.1, 0.15) is 12.4 Å². The number of rotatable bonds is 3. The van der Waals surface area contributed by atoms with Gasteiger partial charge in [0.2, 0.25) is 5.91 Å². The van der Waals surface area contributed by atoms with Gasteiger partial charge in [-0.1, -0.05) is 0 Å². The molecule has 1 aromatic carbocycles. The van der Waals surface area contributed by atoms with Crippen molar-refractivity contribution >= 4 is 23.4 Å². The molecule has 1 unspecified atom stereocenters. The molecule has 30 heavy (non-hydrogen) atoms. The van der Waals surface area contributed by atoms with Gasteiger partial charge in [0.05, 0.1) is 23.3 Å². The molecule has 0 aliphatic carbocycles. The Morgan fingerprint density at radius 1 is 1.03 bits per heavy atom. The summed E-state index contributed by atoms with van der Waals surface area (Å²) in [5.41, 5.74) is 0.594. The smallest absolute Gasteiger partial charge is 0.414 e. The lowest BCUT2D eigenvalue weighted by atomic mass is 9.78. The largest absolute Gasteiger partial charge is 0.447 e. The van der Waals surface area contributed by atoms with E-state index in [0.717, 1.165) is 58.4 Å². The van der Waals surface area contributed by atoms with Crippen LogP contribution in [0.5, 0.6) is 0 Å². The van der Waals surface area contributed by atoms with Crippen molar-refractivity contribution < 1.29 is 23.5 Å². The maximum absolute atomic E-state index is 15.0. The fourth-order valence-electron chi connectivity index (χ4n) is 5.46. The summed E-state index contributed by atoms with van der Waals surface area (Å²) in [4.78, 5) is 30.7. The molecule has 4 fully saturated rings. The van der Waals surface area contributed by atoms with Crippen LogP contribution < -0.4 is 9.80 Å². The Morgan fingerprint density at radius 2 is 1.87 bits per heavy atom. The van der Waals surface area contributed by atoms with E-state index in [9.17, 15) is 9.59 Å². The zero-order valence-corrected chi connectivity index (χ0v) is 17.1. The highest BCUT2D eigenvalue weighted by Gasteiger charge is 2.50. The molecule has 0 bridgehead atoms. The van der Waals surface area contributed by atoms with Crippen LogP contribution in [0, 0.1) is 11.2 Å². The Bertz CT molecular complexity index is 844. The molecule has 2 amide bonds. The summed E-state index contributed by atoms with van der Waals surface area (Å²) in [7, 11) is 0. The highest BCUT2D eigenvalue weighted by molar-refractivity contribution is 5.89. The highest BCUT2D eigenvalue weighted by atomic mass is 19.1. The van der Waals surface area contributed by atoms with E-state index in [1.807, 2.05) is 4.90 Å². The molecular weight excluding hydrogens is 389 g/mol. The van der Waals surface area contributed by atoms with Gasteiger partial charge < -0.3 is 19.3 Å². The number of nitrogens with zero attached hydrogens (tertiary/aromatic N) is 3. The van der Waals surface area contributed by atoms with E-state index in [2.05, 4.69) is 4.90 Å². The minimum Gasteiger partial charge on any atom is -0.447 e. The van der Waals surface area contributed by atoms with Crippen LogP contribution in [0.25, 0.3) is 0 Å². The van der Waals surface area contributed by atoms with Gasteiger partial charge in [0, 0.05) is 38.9 Å². The maximum atomic E-state index is 15.0. The van der Waals surface area contributed by atoms with Crippen molar-refractivity contribution in [2.45, 2.75) is 38.1 Å². The first-order valence-electron chi connectivity index (χ1n) is 11.0. The number of amides is 2. The summed E-state index contributed by atoms with van der Waals surface area (Å²) in [5, 5.41) is 0. The summed E-state index contributed by atoms with van der Waals surface area (Å²) < 4.78 is 25.4. The van der Waals surface area contributed by atoms with Crippen LogP contribution in [-0.2, 0) is 14.3 Å². The van der Waals surface area contributed by atoms with Crippen molar-refractivity contribution in [3.8, 4) is 0 Å². The number of carbonyl (C=O) groups is 2. The van der Waals surface area contributed by atoms with Gasteiger partial charge in [0.15, 0.2) is 0 Å². The third-order valence-electron chi connectivity index (χ3n) is 7.10. The molecule has 4 aliphatic rings. The molecule has 7 nitrogen and oxygen atoms in total. The second-order valence-electron chi connectivity index (χ2n) is 8.80. The third kappa shape index (κ3) is 3.31. The molecule has 162 valence electrons. The van der Waals surface area contributed by atoms with Crippen LogP contribution >= 0.6 is 0 Å². The van der Waals surface area contributed by atoms with Gasteiger partial charge in [-0.05, 0) is 50.3 Å². The molecule has 8 heteroatoms. The number of piperidine rings is 1. The second-order valence-corrected chi connectivity index (χ2v) is 8.80. The molecule has 1 spiro atoms. The van der Waals surface area contributed by atoms with E-state index in [1.165, 1.54) is 11.0 Å². The molecule has 1 aromatic rings. The van der Waals surface area contributed by atoms with Crippen molar-refractivity contribution in [2.75, 3.05) is 55.8 Å². The molecule has 0 aromatic heterocycles. The van der Waals surface area contributed by atoms with Gasteiger partial charge in [0.25, 0.3) is 0 Å². The van der Waals surface area contributed by atoms with Gasteiger partial charge in [-0.3, -0.25) is 9.69 Å². The molecule has 5 rings (SSSR count). The predicted molar refractivity (Wildman–Crippen MR) is 109 cm³/mol. The minimum absolute atomic E-state index is 0.232. The normalized spacial score (nSPS) is 28.0. The Labute approximate surface area is 175 Å². The minimum atomic E-state index is -0.441. The van der Waals surface area contributed by atoms with Crippen molar-refractivity contribution in [1.82, 2.24) is 4.90 Å². The van der Waals surface area contributed by atoms with E-state index in [1.54, 1.807) is 12.1 Å². The summed E-state index contributed by atoms with van der Waals surface area (Å²) in [6.45, 7) is 4.26. The summed E-state index contributed by atoms with van der Waals surface area (Å²) in [5.74, 6) is -0.132. The summed E-state index contributed by atoms with van der Waals surface area (Å²) in [6.07, 6.45) is 3.93. The SMILES string of the molecule is O=C1OCCN1c1ccc(N2CCCC3(CCN(C4CCOCC4)C3=O)C2)c(F)c1. The average molecular weight is 417 g/mol. The Morgan fingerprint density at radius 3 is 2.60 bits per heavy atom. The van der Waals surface area contributed by atoms with Gasteiger partial charge in [-0.2, -0.15) is 0 Å². The topological polar surface area (TPSA) is 62.3 Å². The first-order chi connectivity index (χ1) is 14.6. The molecule has 4 saturated heterocycles. The third-order valence-corrected chi connectivity index (χ3v) is 7.10. The van der Waals surface area contributed by atoms with Crippen LogP contribution in [0.15, 0.2) is 18.2 Å². The monoisotopic (exact) mass is 417 g/mol. The summed E-state index contributed by atoms with van der Waals surface area (Å²) in [6, 6.07) is 5.16. The van der Waals surface area contributed by atoms with Gasteiger partial charge in [-0.15, -0.1) is 0 Å². The molecule has 0 N–H and O–H groups in total. The van der Waals surface area contributed by atoms with Crippen LogP contribution in [0.1, 0.15) is 32.1 Å². The number of ether oxygens (including phenoxy) is 2. The summed E-state index contributed by atoms with van der Waals surface area (Å²) >= 11 is 0. The quantitative estimate of drug-likeness (QED) is 0.757. The molecule has 4 aliphatic heterocycles. The predicted octanol–water partition coefficient (Wildman–Crippen LogP) is 2.78. The molecule has 1 atom stereocenters. The molecule has 0 radical (unpaired) electrons. The standard InChI is InChI=1S/C22H28FN3O4/c23-18-14-17(26-10-13-30-21(26)28)2-3-19(18)24-8-1-6-22(15-24)7-9-25(20(22)27)16-4-11-29-12-5-16/h2-3,14,16H,1,4-13,15H2. The number of cyclic esters (lactones) is 1. The zero-order chi connectivity index (χ0) is 20.7. The van der Waals surface area contributed by atoms with Crippen molar-refractivity contribution in [1.29, 1.82) is 0 Å². The number of benzene rings is 1. The van der Waals surface area contributed by atoms with E-state index < -0.39 is 11.5 Å². The molecule has 0 saturated carbocycles. The highest BCUT2D eigenvalue weighted by Crippen LogP contribution is 2.43. The first kappa shape index (κ1) is 19.6. The Hall–Kier alpha value is -2.35. The van der Waals surface area contributed by atoms with Crippen molar-refractivity contribution in [3.63, 3.8) is 0 Å². The number of carbonyl (C=O) groups excluding carboxylic acids is 2. The van der Waals surface area contributed by atoms with Crippen LogP contribution in [0.2, 0.25) is 0 Å². The van der Waals surface area contributed by atoms with Crippen LogP contribution in [0.4, 0.5) is 20.6 Å². The zero-order valence-electron chi connectivity index (χ0n) is 17.1. The molecular formula is C22H28FN3O4. The van der Waals surface area contributed by atoms with Gasteiger partial charge in [-0.25, -0.2) is 9.18 Å². The van der Waals surface area contributed by atoms with Crippen LogP contribution in [-0.4, -0.2) is 68.9 Å². The van der Waals surface area contributed by atoms with Crippen molar-refractivity contribution in [3.05, 3.63) is 24.0 Å². The molecule has 4 heterocycles. The number of hydrogen-bond donors (Lipinski definition) is 0. The van der Waals surface area contributed by atoms with E-state index >= 15 is 4.39 Å². The Kier molecular flexibility index (Phi) is 5.05. The fourth-order valence-corrected chi connectivity index (χ4v) is 5.46. The number of halogens is 1. The lowest BCUT2D eigenvalue weighted by Crippen LogP contribution is -2.50. The maximum Gasteiger partial charge on any atom is 0.414 e. The lowest BCUT2D eigenvalue weighted by molar-refractivity contribution is -0.139. The fraction of sp³-hybridized carbons (Fsp3) is 0.636. The van der Waals surface area contributed by atoms with E-state index in [4.69, 9.17) is 9.47 Å². The first-order valence-corrected chi connectivity index (χ1v) is 11.0. The van der Waals surface area contributed by atoms with Gasteiger partial charge >= 0.3 is 6.09 Å². The second kappa shape index (κ2) is 7.72. The van der Waals surface area contributed by atoms with Crippen molar-refractivity contribution in [2.24, 2.45) is 5.41 Å². The lowest BCUT2D eigenvalue weighted by Gasteiger charge is -2.41. The van der Waals surface area contributed by atoms with Crippen LogP contribution in [0.3, 0.4) is 0 Å². The number of likely N-dealkylation sites (tertiary alicyclic amines) is 1. The van der Waals surface area contributed by atoms with E-state index in [0.29, 0.717) is 31.1 Å².